The van der Waals surface area contributed by atoms with Gasteiger partial charge in [-0.15, -0.1) is 0 Å². The van der Waals surface area contributed by atoms with Gasteiger partial charge in [-0.25, -0.2) is 0 Å². The van der Waals surface area contributed by atoms with E-state index in [1.165, 1.54) is 38.5 Å². The highest BCUT2D eigenvalue weighted by atomic mass is 16.7. The van der Waals surface area contributed by atoms with Crippen LogP contribution in [0.25, 0.3) is 0 Å². The molecule has 4 aliphatic carbocycles. The van der Waals surface area contributed by atoms with E-state index in [1.807, 2.05) is 0 Å². The number of rotatable bonds is 0. The van der Waals surface area contributed by atoms with Crippen LogP contribution in [0.4, 0.5) is 0 Å². The third-order valence-electron chi connectivity index (χ3n) is 10.7. The molecule has 9 atom stereocenters. The van der Waals surface area contributed by atoms with Crippen LogP contribution >= 0.6 is 0 Å². The molecule has 0 aromatic heterocycles. The first kappa shape index (κ1) is 19.5. The van der Waals surface area contributed by atoms with Crippen LogP contribution < -0.4 is 0 Å². The zero-order valence-corrected chi connectivity index (χ0v) is 18.4. The normalized spacial score (nSPS) is 56.2. The van der Waals surface area contributed by atoms with E-state index in [4.69, 9.17) is 14.2 Å². The second kappa shape index (κ2) is 6.67. The molecule has 0 amide bonds. The predicted octanol–water partition coefficient (Wildman–Crippen LogP) is 4.54. The molecule has 1 N–H and O–H groups in total. The predicted molar refractivity (Wildman–Crippen MR) is 110 cm³/mol. The summed E-state index contributed by atoms with van der Waals surface area (Å²) in [5.41, 5.74) is 0.479. The van der Waals surface area contributed by atoms with Gasteiger partial charge in [-0.05, 0) is 86.4 Å². The Morgan fingerprint density at radius 2 is 1.69 bits per heavy atom. The molecule has 6 aliphatic rings. The van der Waals surface area contributed by atoms with Gasteiger partial charge >= 0.3 is 0 Å². The van der Waals surface area contributed by atoms with Gasteiger partial charge in [0.05, 0.1) is 25.4 Å². The molecule has 6 fully saturated rings. The zero-order chi connectivity index (χ0) is 19.9. The van der Waals surface area contributed by atoms with Gasteiger partial charge in [-0.2, -0.15) is 0 Å². The Kier molecular flexibility index (Phi) is 4.49. The Hall–Kier alpha value is -0.160. The third-order valence-corrected chi connectivity index (χ3v) is 10.7. The molecule has 2 saturated heterocycles. The van der Waals surface area contributed by atoms with Crippen molar-refractivity contribution < 1.29 is 19.3 Å². The molecule has 29 heavy (non-hydrogen) atoms. The van der Waals surface area contributed by atoms with Gasteiger partial charge in [0.15, 0.2) is 5.79 Å². The Morgan fingerprint density at radius 3 is 2.52 bits per heavy atom. The summed E-state index contributed by atoms with van der Waals surface area (Å²) >= 11 is 0. The lowest BCUT2D eigenvalue weighted by molar-refractivity contribution is -0.245. The molecule has 4 saturated carbocycles. The molecule has 164 valence electrons. The minimum absolute atomic E-state index is 0.169. The zero-order valence-electron chi connectivity index (χ0n) is 18.4. The van der Waals surface area contributed by atoms with Crippen molar-refractivity contribution in [3.8, 4) is 0 Å². The van der Waals surface area contributed by atoms with Crippen molar-refractivity contribution in [2.75, 3.05) is 19.8 Å². The summed E-state index contributed by atoms with van der Waals surface area (Å²) in [7, 11) is 0. The van der Waals surface area contributed by atoms with Crippen molar-refractivity contribution in [1.82, 2.24) is 0 Å². The number of hydrogen-bond donors (Lipinski definition) is 1. The topological polar surface area (TPSA) is 47.9 Å². The van der Waals surface area contributed by atoms with E-state index in [1.54, 1.807) is 0 Å². The quantitative estimate of drug-likeness (QED) is 0.644. The van der Waals surface area contributed by atoms with Crippen LogP contribution in [-0.2, 0) is 14.2 Å². The first-order chi connectivity index (χ1) is 14.0. The van der Waals surface area contributed by atoms with Crippen LogP contribution in [0.1, 0.15) is 78.1 Å². The van der Waals surface area contributed by atoms with Crippen LogP contribution in [0.2, 0.25) is 0 Å². The number of hydrogen-bond acceptors (Lipinski definition) is 4. The smallest absolute Gasteiger partial charge is 0.168 e. The Labute approximate surface area is 176 Å². The highest BCUT2D eigenvalue weighted by Gasteiger charge is 2.66. The van der Waals surface area contributed by atoms with Crippen molar-refractivity contribution in [2.45, 2.75) is 96.1 Å². The van der Waals surface area contributed by atoms with Crippen LogP contribution in [0.3, 0.4) is 0 Å². The fraction of sp³-hybridized carbons (Fsp3) is 1.00. The number of ether oxygens (including phenoxy) is 3. The first-order valence-corrected chi connectivity index (χ1v) is 12.5. The molecule has 2 aliphatic heterocycles. The maximum absolute atomic E-state index is 11.7. The molecule has 2 heterocycles. The second-order valence-corrected chi connectivity index (χ2v) is 11.9. The largest absolute Gasteiger partial charge is 0.393 e. The molecule has 2 spiro atoms. The van der Waals surface area contributed by atoms with Gasteiger partial charge in [0.25, 0.3) is 0 Å². The molecular weight excluding hydrogens is 364 g/mol. The molecular formula is C25H40O4. The third kappa shape index (κ3) is 2.71. The van der Waals surface area contributed by atoms with Crippen LogP contribution in [0, 0.1) is 40.4 Å². The first-order valence-electron chi connectivity index (χ1n) is 12.5. The number of aliphatic hydroxyl groups is 1. The second-order valence-electron chi connectivity index (χ2n) is 11.9. The van der Waals surface area contributed by atoms with E-state index in [2.05, 4.69) is 13.8 Å². The summed E-state index contributed by atoms with van der Waals surface area (Å²) in [5, 5.41) is 11.7. The molecule has 0 radical (unpaired) electrons. The summed E-state index contributed by atoms with van der Waals surface area (Å²) in [6, 6.07) is 0. The van der Waals surface area contributed by atoms with Gasteiger partial charge in [0, 0.05) is 24.9 Å². The monoisotopic (exact) mass is 404 g/mol. The van der Waals surface area contributed by atoms with E-state index >= 15 is 0 Å². The van der Waals surface area contributed by atoms with E-state index < -0.39 is 0 Å². The number of fused-ring (bicyclic) bond motifs is 4. The molecule has 0 aromatic rings. The van der Waals surface area contributed by atoms with E-state index in [0.29, 0.717) is 23.9 Å². The minimum Gasteiger partial charge on any atom is -0.393 e. The average molecular weight is 405 g/mol. The number of aliphatic hydroxyl groups excluding tert-OH is 1. The summed E-state index contributed by atoms with van der Waals surface area (Å²) in [5.74, 6) is 2.93. The van der Waals surface area contributed by atoms with Crippen molar-refractivity contribution >= 4 is 0 Å². The maximum Gasteiger partial charge on any atom is 0.168 e. The summed E-state index contributed by atoms with van der Waals surface area (Å²) in [6.45, 7) is 7.35. The van der Waals surface area contributed by atoms with E-state index in [-0.39, 0.29) is 22.7 Å². The Morgan fingerprint density at radius 1 is 0.862 bits per heavy atom. The lowest BCUT2D eigenvalue weighted by Crippen LogP contribution is -2.61. The molecule has 2 unspecified atom stereocenters. The van der Waals surface area contributed by atoms with Gasteiger partial charge in [-0.3, -0.25) is 0 Å². The minimum atomic E-state index is -0.305. The van der Waals surface area contributed by atoms with Crippen molar-refractivity contribution in [1.29, 1.82) is 0 Å². The van der Waals surface area contributed by atoms with Gasteiger partial charge in [0.2, 0.25) is 0 Å². The van der Waals surface area contributed by atoms with Crippen LogP contribution in [0.15, 0.2) is 0 Å². The highest BCUT2D eigenvalue weighted by Crippen LogP contribution is 2.69. The van der Waals surface area contributed by atoms with Crippen molar-refractivity contribution in [2.24, 2.45) is 40.4 Å². The van der Waals surface area contributed by atoms with Crippen molar-refractivity contribution in [3.05, 3.63) is 0 Å². The Bertz CT molecular complexity index is 645. The van der Waals surface area contributed by atoms with Crippen LogP contribution in [0.5, 0.6) is 0 Å². The van der Waals surface area contributed by atoms with Gasteiger partial charge < -0.3 is 19.3 Å². The fourth-order valence-corrected chi connectivity index (χ4v) is 9.60. The molecule has 4 heteroatoms. The molecule has 0 aromatic carbocycles. The fourth-order valence-electron chi connectivity index (χ4n) is 9.60. The maximum atomic E-state index is 11.7. The molecule has 0 bridgehead atoms. The lowest BCUT2D eigenvalue weighted by Gasteiger charge is -2.63. The Balaban J connectivity index is 1.31. The standard InChI is InChI=1S/C25H40O4/c1-16-7-10-27-21-6-5-19-18-4-3-17-14-25(28-11-12-29-25)9-8-23(17,2)22(18)20(26)15-24(19,21)13-16/h16-22,26H,3-15H2,1-2H3/t16?,17?,18-,19-,20-,21-,22+,23-,24-/m0/s1. The van der Waals surface area contributed by atoms with E-state index in [0.717, 1.165) is 57.3 Å². The summed E-state index contributed by atoms with van der Waals surface area (Å²) < 4.78 is 18.6. The van der Waals surface area contributed by atoms with Gasteiger partial charge in [0.1, 0.15) is 0 Å². The van der Waals surface area contributed by atoms with Crippen LogP contribution in [-0.4, -0.2) is 42.9 Å². The van der Waals surface area contributed by atoms with Crippen molar-refractivity contribution in [3.63, 3.8) is 0 Å². The molecule has 6 rings (SSSR count). The SMILES string of the molecule is CC1CCO[C@H]2CC[C@H]3[C@@H]4CCC5CC6(CC[C@]5(C)[C@H]4[C@@H](O)C[C@]23C1)OCCO6. The van der Waals surface area contributed by atoms with Gasteiger partial charge in [-0.1, -0.05) is 13.8 Å². The summed E-state index contributed by atoms with van der Waals surface area (Å²) in [4.78, 5) is 0. The molecule has 4 nitrogen and oxygen atoms in total. The van der Waals surface area contributed by atoms with E-state index in [9.17, 15) is 5.11 Å². The lowest BCUT2D eigenvalue weighted by atomic mass is 9.43. The highest BCUT2D eigenvalue weighted by molar-refractivity contribution is 5.14. The average Bonchev–Trinajstić information content (AvgIpc) is 3.24. The summed E-state index contributed by atoms with van der Waals surface area (Å²) in [6.07, 6.45) is 12.0.